The third-order valence-electron chi connectivity index (χ3n) is 3.27. The molecule has 1 amide bonds. The molecule has 0 heterocycles. The van der Waals surface area contributed by atoms with Crippen molar-refractivity contribution < 1.29 is 14.7 Å². The van der Waals surface area contributed by atoms with Crippen molar-refractivity contribution in [1.29, 1.82) is 0 Å². The van der Waals surface area contributed by atoms with E-state index in [2.05, 4.69) is 17.1 Å². The number of likely N-dealkylation sites (N-methyl/N-ethyl adjacent to an activating group) is 1. The summed E-state index contributed by atoms with van der Waals surface area (Å²) in [7, 11) is 3.99. The predicted molar refractivity (Wildman–Crippen MR) is 76.1 cm³/mol. The van der Waals surface area contributed by atoms with E-state index in [0.29, 0.717) is 19.0 Å². The highest BCUT2D eigenvalue weighted by Crippen LogP contribution is 2.07. The van der Waals surface area contributed by atoms with Crippen molar-refractivity contribution in [2.75, 3.05) is 20.6 Å². The Morgan fingerprint density at radius 1 is 1.05 bits per heavy atom. The van der Waals surface area contributed by atoms with E-state index < -0.39 is 5.97 Å². The third-order valence-corrected chi connectivity index (χ3v) is 3.27. The van der Waals surface area contributed by atoms with E-state index >= 15 is 0 Å². The van der Waals surface area contributed by atoms with Crippen LogP contribution < -0.4 is 5.32 Å². The molecular weight excluding hydrogens is 244 g/mol. The minimum absolute atomic E-state index is 0.110. The zero-order valence-corrected chi connectivity index (χ0v) is 12.4. The average Bonchev–Trinajstić information content (AvgIpc) is 2.34. The smallest absolute Gasteiger partial charge is 0.303 e. The lowest BCUT2D eigenvalue weighted by molar-refractivity contribution is -0.137. The van der Waals surface area contributed by atoms with Crippen LogP contribution in [0.3, 0.4) is 0 Å². The third kappa shape index (κ3) is 11.7. The number of carboxylic acids is 1. The normalized spacial score (nSPS) is 12.4. The van der Waals surface area contributed by atoms with Crippen molar-refractivity contribution in [3.05, 3.63) is 0 Å². The first-order valence-electron chi connectivity index (χ1n) is 7.08. The first-order chi connectivity index (χ1) is 8.93. The number of rotatable bonds is 11. The fourth-order valence-corrected chi connectivity index (χ4v) is 1.62. The van der Waals surface area contributed by atoms with Crippen LogP contribution in [0.1, 0.15) is 51.9 Å². The molecule has 0 spiro atoms. The number of hydrogen-bond acceptors (Lipinski definition) is 3. The summed E-state index contributed by atoms with van der Waals surface area (Å²) in [5, 5.41) is 11.4. The summed E-state index contributed by atoms with van der Waals surface area (Å²) < 4.78 is 0. The molecule has 19 heavy (non-hydrogen) atoms. The van der Waals surface area contributed by atoms with Crippen molar-refractivity contribution in [3.63, 3.8) is 0 Å². The van der Waals surface area contributed by atoms with Crippen molar-refractivity contribution in [2.45, 2.75) is 57.9 Å². The van der Waals surface area contributed by atoms with Crippen molar-refractivity contribution in [2.24, 2.45) is 0 Å². The minimum atomic E-state index is -0.727. The minimum Gasteiger partial charge on any atom is -0.481 e. The molecule has 0 bridgehead atoms. The first-order valence-corrected chi connectivity index (χ1v) is 7.08. The number of nitrogens with one attached hydrogen (secondary N) is 1. The fourth-order valence-electron chi connectivity index (χ4n) is 1.62. The maximum absolute atomic E-state index is 11.5. The highest BCUT2D eigenvalue weighted by Gasteiger charge is 2.06. The lowest BCUT2D eigenvalue weighted by atomic mass is 10.1. The largest absolute Gasteiger partial charge is 0.481 e. The van der Waals surface area contributed by atoms with Gasteiger partial charge in [-0.1, -0.05) is 19.3 Å². The number of aliphatic carboxylic acids is 1. The molecule has 0 aromatic heterocycles. The Morgan fingerprint density at radius 3 is 2.11 bits per heavy atom. The van der Waals surface area contributed by atoms with E-state index in [1.165, 1.54) is 0 Å². The van der Waals surface area contributed by atoms with Crippen molar-refractivity contribution >= 4 is 11.9 Å². The lowest BCUT2D eigenvalue weighted by Crippen LogP contribution is -2.38. The van der Waals surface area contributed by atoms with Gasteiger partial charge in [-0.25, -0.2) is 0 Å². The van der Waals surface area contributed by atoms with Gasteiger partial charge < -0.3 is 15.3 Å². The molecule has 5 nitrogen and oxygen atoms in total. The Morgan fingerprint density at radius 2 is 1.58 bits per heavy atom. The zero-order chi connectivity index (χ0) is 14.7. The van der Waals surface area contributed by atoms with Gasteiger partial charge in [0, 0.05) is 25.4 Å². The van der Waals surface area contributed by atoms with Gasteiger partial charge in [0.25, 0.3) is 0 Å². The predicted octanol–water partition coefficient (Wildman–Crippen LogP) is 1.87. The number of carbonyl (C=O) groups is 2. The van der Waals surface area contributed by atoms with E-state index in [1.54, 1.807) is 0 Å². The first kappa shape index (κ1) is 17.9. The molecule has 0 aromatic carbocycles. The molecule has 0 radical (unpaired) electrons. The summed E-state index contributed by atoms with van der Waals surface area (Å²) in [6, 6.07) is 0.347. The number of carboxylic acid groups (broad SMARTS) is 1. The van der Waals surface area contributed by atoms with Crippen LogP contribution in [0, 0.1) is 0 Å². The SMILES string of the molecule is CC(CNC(=O)CCCCCCCC(=O)O)N(C)C. The van der Waals surface area contributed by atoms with Crippen LogP contribution in [0.2, 0.25) is 0 Å². The highest BCUT2D eigenvalue weighted by molar-refractivity contribution is 5.75. The maximum Gasteiger partial charge on any atom is 0.303 e. The number of amides is 1. The summed E-state index contributed by atoms with van der Waals surface area (Å²) >= 11 is 0. The van der Waals surface area contributed by atoms with Crippen LogP contribution >= 0.6 is 0 Å². The van der Waals surface area contributed by atoms with Crippen LogP contribution in [0.25, 0.3) is 0 Å². The second kappa shape index (κ2) is 10.8. The molecule has 112 valence electrons. The van der Waals surface area contributed by atoms with E-state index in [9.17, 15) is 9.59 Å². The van der Waals surface area contributed by atoms with E-state index in [0.717, 1.165) is 32.1 Å². The van der Waals surface area contributed by atoms with Gasteiger partial charge in [-0.3, -0.25) is 9.59 Å². The number of hydrogen-bond donors (Lipinski definition) is 2. The Balaban J connectivity index is 3.36. The zero-order valence-electron chi connectivity index (χ0n) is 12.4. The van der Waals surface area contributed by atoms with Gasteiger partial charge in [0.05, 0.1) is 0 Å². The van der Waals surface area contributed by atoms with Crippen LogP contribution in [0.15, 0.2) is 0 Å². The summed E-state index contributed by atoms with van der Waals surface area (Å²) in [5.74, 6) is -0.617. The molecule has 1 atom stereocenters. The highest BCUT2D eigenvalue weighted by atomic mass is 16.4. The second-order valence-corrected chi connectivity index (χ2v) is 5.28. The fraction of sp³-hybridized carbons (Fsp3) is 0.857. The molecule has 0 aliphatic rings. The molecule has 0 aliphatic carbocycles. The summed E-state index contributed by atoms with van der Waals surface area (Å²) in [4.78, 5) is 23.9. The maximum atomic E-state index is 11.5. The van der Waals surface area contributed by atoms with Gasteiger partial charge in [0.2, 0.25) is 5.91 Å². The van der Waals surface area contributed by atoms with Crippen LogP contribution in [0.4, 0.5) is 0 Å². The molecule has 5 heteroatoms. The van der Waals surface area contributed by atoms with Crippen LogP contribution in [-0.2, 0) is 9.59 Å². The molecule has 0 saturated heterocycles. The van der Waals surface area contributed by atoms with Gasteiger partial charge in [0.15, 0.2) is 0 Å². The summed E-state index contributed by atoms with van der Waals surface area (Å²) in [6.07, 6.45) is 5.38. The molecule has 2 N–H and O–H groups in total. The van der Waals surface area contributed by atoms with E-state index in [-0.39, 0.29) is 12.3 Å². The van der Waals surface area contributed by atoms with Gasteiger partial charge in [0.1, 0.15) is 0 Å². The quantitative estimate of drug-likeness (QED) is 0.563. The van der Waals surface area contributed by atoms with Gasteiger partial charge in [-0.15, -0.1) is 0 Å². The van der Waals surface area contributed by atoms with E-state index in [1.807, 2.05) is 14.1 Å². The molecule has 0 saturated carbocycles. The molecule has 0 fully saturated rings. The standard InChI is InChI=1S/C14H28N2O3/c1-12(16(2)3)11-15-13(17)9-7-5-4-6-8-10-14(18)19/h12H,4-11H2,1-3H3,(H,15,17)(H,18,19). The molecule has 1 unspecified atom stereocenters. The summed E-state index contributed by atoms with van der Waals surface area (Å²) in [6.45, 7) is 2.76. The van der Waals surface area contributed by atoms with Gasteiger partial charge >= 0.3 is 5.97 Å². The Bertz CT molecular complexity index is 267. The Kier molecular flexibility index (Phi) is 10.2. The molecule has 0 aliphatic heterocycles. The van der Waals surface area contributed by atoms with Gasteiger partial charge in [-0.05, 0) is 33.9 Å². The van der Waals surface area contributed by atoms with Gasteiger partial charge in [-0.2, -0.15) is 0 Å². The topological polar surface area (TPSA) is 69.6 Å². The number of nitrogens with zero attached hydrogens (tertiary/aromatic N) is 1. The monoisotopic (exact) mass is 272 g/mol. The number of carbonyl (C=O) groups excluding carboxylic acids is 1. The Hall–Kier alpha value is -1.10. The average molecular weight is 272 g/mol. The van der Waals surface area contributed by atoms with Crippen LogP contribution in [-0.4, -0.2) is 48.6 Å². The van der Waals surface area contributed by atoms with Crippen molar-refractivity contribution in [1.82, 2.24) is 10.2 Å². The van der Waals surface area contributed by atoms with Crippen molar-refractivity contribution in [3.8, 4) is 0 Å². The Labute approximate surface area is 116 Å². The lowest BCUT2D eigenvalue weighted by Gasteiger charge is -2.19. The number of unbranched alkanes of at least 4 members (excludes halogenated alkanes) is 4. The molecule has 0 rings (SSSR count). The summed E-state index contributed by atoms with van der Waals surface area (Å²) in [5.41, 5.74) is 0. The second-order valence-electron chi connectivity index (χ2n) is 5.28. The molecular formula is C14H28N2O3. The van der Waals surface area contributed by atoms with E-state index in [4.69, 9.17) is 5.11 Å². The molecule has 0 aromatic rings. The van der Waals surface area contributed by atoms with Crippen LogP contribution in [0.5, 0.6) is 0 Å².